The van der Waals surface area contributed by atoms with Crippen molar-refractivity contribution in [2.75, 3.05) is 0 Å². The molecule has 2 heteroatoms. The number of unbranched alkanes of at least 4 members (excludes halogenated alkanes) is 11. The molecule has 42 heavy (non-hydrogen) atoms. The summed E-state index contributed by atoms with van der Waals surface area (Å²) >= 11 is 0. The van der Waals surface area contributed by atoms with Gasteiger partial charge in [-0.2, -0.15) is 0 Å². The summed E-state index contributed by atoms with van der Waals surface area (Å²) in [5, 5.41) is 0. The van der Waals surface area contributed by atoms with Gasteiger partial charge in [0.15, 0.2) is 0 Å². The maximum atomic E-state index is 11.9. The number of aryl methyl sites for hydroxylation is 2. The van der Waals surface area contributed by atoms with Crippen LogP contribution < -0.4 is 0 Å². The number of allylic oxidation sites excluding steroid dienone is 4. The number of benzene rings is 2. The minimum absolute atomic E-state index is 0.791. The molecule has 0 atom stereocenters. The largest absolute Gasteiger partial charge is 0.493 e. The first-order valence-corrected chi connectivity index (χ1v) is 16.9. The summed E-state index contributed by atoms with van der Waals surface area (Å²) in [6.45, 7) is 8.62. The maximum Gasteiger partial charge on any atom is 0.223 e. The van der Waals surface area contributed by atoms with E-state index in [-0.39, 0.29) is 0 Å². The van der Waals surface area contributed by atoms with Gasteiger partial charge in [-0.05, 0) is 80.8 Å². The van der Waals surface area contributed by atoms with Crippen LogP contribution in [-0.2, 0) is 12.8 Å². The molecule has 0 N–H and O–H groups in total. The first kappa shape index (κ1) is 33.3. The highest BCUT2D eigenvalue weighted by Crippen LogP contribution is 2.41. The first-order valence-electron chi connectivity index (χ1n) is 16.9. The van der Waals surface area contributed by atoms with E-state index in [1.165, 1.54) is 86.5 Å². The molecule has 0 unspecified atom stereocenters. The summed E-state index contributed by atoms with van der Waals surface area (Å²) in [4.78, 5) is 0. The highest BCUT2D eigenvalue weighted by molar-refractivity contribution is 5.87. The van der Waals surface area contributed by atoms with Crippen molar-refractivity contribution in [3.63, 3.8) is 0 Å². The Bertz CT molecular complexity index is 1290. The average Bonchev–Trinajstić information content (AvgIpc) is 3.28. The number of nitrogens with zero attached hydrogens (tertiary/aromatic N) is 2. The quantitative estimate of drug-likeness (QED) is 0.0924. The number of hydrogen-bond donors (Lipinski definition) is 0. The van der Waals surface area contributed by atoms with Gasteiger partial charge in [0.05, 0.1) is 5.57 Å². The van der Waals surface area contributed by atoms with Crippen molar-refractivity contribution < 1.29 is 4.70 Å². The monoisotopic (exact) mass is 562 g/mol. The van der Waals surface area contributed by atoms with Gasteiger partial charge in [0.2, 0.25) is 11.4 Å². The Morgan fingerprint density at radius 1 is 0.667 bits per heavy atom. The van der Waals surface area contributed by atoms with Gasteiger partial charge in [-0.15, -0.1) is 5.92 Å². The van der Waals surface area contributed by atoms with E-state index in [9.17, 15) is 5.53 Å². The normalized spacial score (nSPS) is 13.4. The second-order valence-electron chi connectivity index (χ2n) is 11.8. The lowest BCUT2D eigenvalue weighted by Crippen LogP contribution is -2.03. The molecule has 0 fully saturated rings. The Balaban J connectivity index is 1.88. The summed E-state index contributed by atoms with van der Waals surface area (Å²) in [7, 11) is 0. The van der Waals surface area contributed by atoms with Crippen LogP contribution in [0, 0.1) is 11.8 Å². The van der Waals surface area contributed by atoms with Crippen LogP contribution in [0.4, 0.5) is 0 Å². The predicted octanol–water partition coefficient (Wildman–Crippen LogP) is 12.0. The molecule has 0 aromatic heterocycles. The van der Waals surface area contributed by atoms with Crippen molar-refractivity contribution in [1.82, 2.24) is 0 Å². The Labute approximate surface area is 257 Å². The van der Waals surface area contributed by atoms with Crippen molar-refractivity contribution in [2.45, 2.75) is 130 Å². The minimum atomic E-state index is 0.791. The molecular formula is C40H54N2. The highest BCUT2D eigenvalue weighted by Gasteiger charge is 2.34. The van der Waals surface area contributed by atoms with E-state index in [1.54, 1.807) is 0 Å². The van der Waals surface area contributed by atoms with Crippen LogP contribution in [0.15, 0.2) is 71.8 Å². The van der Waals surface area contributed by atoms with Crippen LogP contribution in [-0.4, -0.2) is 4.70 Å². The molecule has 0 spiro atoms. The number of hydrogen-bond acceptors (Lipinski definition) is 0. The van der Waals surface area contributed by atoms with Crippen molar-refractivity contribution >= 4 is 11.4 Å². The molecular weight excluding hydrogens is 508 g/mol. The molecule has 0 aliphatic carbocycles. The van der Waals surface area contributed by atoms with Gasteiger partial charge in [0.25, 0.3) is 0 Å². The van der Waals surface area contributed by atoms with Gasteiger partial charge in [-0.25, -0.2) is 4.70 Å². The van der Waals surface area contributed by atoms with E-state index in [4.69, 9.17) is 0 Å². The van der Waals surface area contributed by atoms with E-state index in [1.807, 2.05) is 6.92 Å². The summed E-state index contributed by atoms with van der Waals surface area (Å²) < 4.78 is 1.41. The average molecular weight is 563 g/mol. The van der Waals surface area contributed by atoms with Crippen LogP contribution in [0.5, 0.6) is 0 Å². The second-order valence-corrected chi connectivity index (χ2v) is 11.8. The zero-order valence-electron chi connectivity index (χ0n) is 27.0. The summed E-state index contributed by atoms with van der Waals surface area (Å²) in [5.41, 5.74) is 20.1. The van der Waals surface area contributed by atoms with Crippen molar-refractivity contribution in [3.8, 4) is 11.8 Å². The van der Waals surface area contributed by atoms with Gasteiger partial charge < -0.3 is 5.53 Å². The minimum Gasteiger partial charge on any atom is -0.493 e. The molecule has 2 aromatic carbocycles. The predicted molar refractivity (Wildman–Crippen MR) is 182 cm³/mol. The fourth-order valence-electron chi connectivity index (χ4n) is 5.82. The maximum absolute atomic E-state index is 11.9. The smallest absolute Gasteiger partial charge is 0.223 e. The van der Waals surface area contributed by atoms with Crippen molar-refractivity contribution in [3.05, 3.63) is 99.6 Å². The highest BCUT2D eigenvalue weighted by atomic mass is 15.2. The molecule has 0 radical (unpaired) electrons. The molecule has 0 bridgehead atoms. The lowest BCUT2D eigenvalue weighted by molar-refractivity contribution is -0.344. The Morgan fingerprint density at radius 2 is 1.19 bits per heavy atom. The van der Waals surface area contributed by atoms with E-state index in [0.29, 0.717) is 0 Å². The van der Waals surface area contributed by atoms with Crippen LogP contribution in [0.3, 0.4) is 0 Å². The molecule has 3 rings (SSSR count). The molecule has 1 aliphatic rings. The van der Waals surface area contributed by atoms with Gasteiger partial charge in [-0.1, -0.05) is 127 Å². The van der Waals surface area contributed by atoms with Gasteiger partial charge >= 0.3 is 0 Å². The van der Waals surface area contributed by atoms with E-state index < -0.39 is 0 Å². The molecule has 0 amide bonds. The van der Waals surface area contributed by atoms with E-state index >= 15 is 0 Å². The van der Waals surface area contributed by atoms with Crippen LogP contribution in [0.1, 0.15) is 140 Å². The third kappa shape index (κ3) is 9.97. The first-order chi connectivity index (χ1) is 20.6. The molecule has 2 nitrogen and oxygen atoms in total. The zero-order chi connectivity index (χ0) is 30.0. The van der Waals surface area contributed by atoms with Crippen molar-refractivity contribution in [1.29, 1.82) is 0 Å². The number of rotatable bonds is 19. The SMILES string of the molecule is CC#CC1=C(c2cccc(CCCC)c2)[N+](=[N-])C(c2cccc(CCCC)c2)=C1C=CCCCCCCCCCCC. The molecule has 224 valence electrons. The van der Waals surface area contributed by atoms with Crippen molar-refractivity contribution in [2.24, 2.45) is 0 Å². The summed E-state index contributed by atoms with van der Waals surface area (Å²) in [6.07, 6.45) is 24.3. The standard InChI is InChI=1S/C40H54N2/c1-5-9-12-13-14-15-16-17-18-19-20-30-38-37(23-8-4)39(35-28-21-26-33(31-35)24-10-6-2)42(41)40(38)36-29-22-27-34(32-36)25-11-7-3/h20-22,26-32H,5-7,9-19,24-25H2,1-4H3. The van der Waals surface area contributed by atoms with E-state index in [2.05, 4.69) is 93.3 Å². The fraction of sp³-hybridized carbons (Fsp3) is 0.500. The molecule has 0 saturated heterocycles. The fourth-order valence-corrected chi connectivity index (χ4v) is 5.82. The van der Waals surface area contributed by atoms with Crippen LogP contribution in [0.25, 0.3) is 16.9 Å². The summed E-state index contributed by atoms with van der Waals surface area (Å²) in [5.74, 6) is 6.54. The Hall–Kier alpha value is -3.18. The summed E-state index contributed by atoms with van der Waals surface area (Å²) in [6, 6.07) is 17.3. The molecule has 1 heterocycles. The lowest BCUT2D eigenvalue weighted by Gasteiger charge is -2.11. The van der Waals surface area contributed by atoms with Crippen LogP contribution in [0.2, 0.25) is 0 Å². The third-order valence-corrected chi connectivity index (χ3v) is 8.23. The third-order valence-electron chi connectivity index (χ3n) is 8.23. The molecule has 2 aromatic rings. The van der Waals surface area contributed by atoms with Crippen LogP contribution >= 0.6 is 0 Å². The second kappa shape index (κ2) is 19.1. The lowest BCUT2D eigenvalue weighted by atomic mass is 9.97. The van der Waals surface area contributed by atoms with E-state index in [0.717, 1.165) is 65.8 Å². The zero-order valence-corrected chi connectivity index (χ0v) is 27.0. The van der Waals surface area contributed by atoms with Gasteiger partial charge in [0, 0.05) is 11.1 Å². The van der Waals surface area contributed by atoms with Gasteiger partial charge in [0.1, 0.15) is 5.57 Å². The molecule has 1 aliphatic heterocycles. The Morgan fingerprint density at radius 3 is 1.74 bits per heavy atom. The molecule has 0 saturated carbocycles. The Kier molecular flexibility index (Phi) is 15.1. The van der Waals surface area contributed by atoms with Gasteiger partial charge in [-0.3, -0.25) is 0 Å². The topological polar surface area (TPSA) is 25.3 Å².